The number of alkyl carbamates (subject to hydrolysis) is 1. The Hall–Kier alpha value is -3.24. The first-order valence-corrected chi connectivity index (χ1v) is 47.5. The number of aliphatic hydroxyl groups excluding tert-OH is 7. The molecule has 3 saturated carbocycles. The van der Waals surface area contributed by atoms with Gasteiger partial charge >= 0.3 is 20.6 Å². The van der Waals surface area contributed by atoms with Gasteiger partial charge in [-0.1, -0.05) is 98.6 Å². The van der Waals surface area contributed by atoms with Crippen molar-refractivity contribution < 1.29 is 121 Å². The number of aliphatic hydroxyl groups is 7. The predicted molar refractivity (Wildman–Crippen MR) is 431 cm³/mol. The molecular weight excluding hydrogens is 1550 g/mol. The highest BCUT2D eigenvalue weighted by Crippen LogP contribution is 2.67. The Kier molecular flexibility index (Phi) is 39.6. The second kappa shape index (κ2) is 46.9. The lowest BCUT2D eigenvalue weighted by atomic mass is 9.47. The summed E-state index contributed by atoms with van der Waals surface area (Å²) in [7, 11) is -3.64. The Morgan fingerprint density at radius 2 is 1.20 bits per heavy atom. The zero-order valence-electron chi connectivity index (χ0n) is 69.7. The zero-order chi connectivity index (χ0) is 83.8. The molecule has 115 heavy (non-hydrogen) atoms. The summed E-state index contributed by atoms with van der Waals surface area (Å²) in [6.45, 7) is 11.3. The average molecular weight is 1690 g/mol. The van der Waals surface area contributed by atoms with E-state index >= 15 is 0 Å². The van der Waals surface area contributed by atoms with Gasteiger partial charge in [0.15, 0.2) is 18.4 Å². The molecule has 0 bridgehead atoms. The molecule has 12 N–H and O–H groups in total. The second-order valence-corrected chi connectivity index (χ2v) is 39.7. The van der Waals surface area contributed by atoms with Gasteiger partial charge in [-0.25, -0.2) is 9.36 Å². The van der Waals surface area contributed by atoms with E-state index in [0.717, 1.165) is 55.3 Å². The van der Waals surface area contributed by atoms with Gasteiger partial charge in [-0.3, -0.25) is 33.0 Å². The van der Waals surface area contributed by atoms with Crippen molar-refractivity contribution in [3.05, 3.63) is 11.6 Å². The summed E-state index contributed by atoms with van der Waals surface area (Å²) in [5, 5.41) is 79.6. The number of hydrogen-bond donors (Lipinski definition) is 12. The summed E-state index contributed by atoms with van der Waals surface area (Å²) in [6, 6.07) is -2.28. The fourth-order valence-electron chi connectivity index (χ4n) is 19.9. The third-order valence-corrected chi connectivity index (χ3v) is 29.5. The van der Waals surface area contributed by atoms with Gasteiger partial charge in [0, 0.05) is 96.9 Å². The quantitative estimate of drug-likeness (QED) is 0.0154. The van der Waals surface area contributed by atoms with E-state index < -0.39 is 132 Å². The minimum Gasteiger partial charge on any atom is -0.446 e. The number of Topliss-reactive ketones (excluding diaryl/α,β-unsaturated/α-hetero) is 1. The van der Waals surface area contributed by atoms with E-state index in [0.29, 0.717) is 114 Å². The fraction of sp³-hybridized carbons (Fsp3) is 0.902. The van der Waals surface area contributed by atoms with Crippen LogP contribution in [0.3, 0.4) is 0 Å². The molecule has 4 heterocycles. The predicted octanol–water partition coefficient (Wildman–Crippen LogP) is 8.83. The van der Waals surface area contributed by atoms with Gasteiger partial charge in [0.05, 0.1) is 69.0 Å². The molecular formula is C82H143N5O25P2S. The minimum atomic E-state index is -4.85. The van der Waals surface area contributed by atoms with Crippen LogP contribution in [0.2, 0.25) is 0 Å². The van der Waals surface area contributed by atoms with E-state index in [9.17, 15) is 78.9 Å². The summed E-state index contributed by atoms with van der Waals surface area (Å²) >= 11 is 5.07. The molecule has 0 radical (unpaired) electrons. The maximum absolute atomic E-state index is 13.9. The maximum atomic E-state index is 13.9. The van der Waals surface area contributed by atoms with Crippen molar-refractivity contribution in [1.29, 1.82) is 0 Å². The van der Waals surface area contributed by atoms with E-state index in [1.165, 1.54) is 67.4 Å². The summed E-state index contributed by atoms with van der Waals surface area (Å²) in [5.41, 5.74) is 2.04. The first-order valence-electron chi connectivity index (χ1n) is 43.4. The largest absolute Gasteiger partial charge is 0.472 e. The standard InChI is InChI=1S/C82H143N5O25P2S/c1-52(2)23-22-24-53(3)63-33-34-64-62-32-31-56-43-60(35-37-81(56,6)65(62)36-38-82(63,64)7)109-80(100)84-40-18-11-14-30-73(95)87-47-61(45-58(87)51-108-114(103,115)104-8)112-113(101,102)107-50-57-44-59(90)46-86(57)72(94)29-13-10-9-12-26-67(91)66(85-71(93)28-17-21-42-106-79-55(5)75(97)77(99)69(49-89)111-79)25-15-19-39-83-70(92)27-16-20-41-105-78-54(4)74(96)76(98)68(48-88)110-78/h31,52-55,57-66,68-69,74-79,88-90,96-99H,9-30,32-51H2,1-8H3,(H,83,92)(H,84,100)(H,85,93)(H,101,102)(H,103,115)/t53-,54?,55?,57?,58?,59-,60?,61?,62?,63?,64?,65?,66+,68?,69?,74?,75?,76?,77?,78?,79?,81+,82-,114?/m1/s1. The van der Waals surface area contributed by atoms with Crippen LogP contribution in [0.25, 0.3) is 0 Å². The maximum Gasteiger partial charge on any atom is 0.472 e. The minimum absolute atomic E-state index is 0.0214. The Balaban J connectivity index is 0.717. The van der Waals surface area contributed by atoms with E-state index in [1.807, 2.05) is 0 Å². The summed E-state index contributed by atoms with van der Waals surface area (Å²) in [5.74, 6) is 2.16. The van der Waals surface area contributed by atoms with Crippen LogP contribution in [0.1, 0.15) is 254 Å². The molecule has 4 aliphatic carbocycles. The number of phosphoric acid groups is 1. The molecule has 20 unspecified atom stereocenters. The van der Waals surface area contributed by atoms with Crippen molar-refractivity contribution in [1.82, 2.24) is 25.8 Å². The lowest BCUT2D eigenvalue weighted by Gasteiger charge is -2.58. The van der Waals surface area contributed by atoms with Gasteiger partial charge in [-0.05, 0) is 187 Å². The summed E-state index contributed by atoms with van der Waals surface area (Å²) < 4.78 is 64.2. The monoisotopic (exact) mass is 1690 g/mol. The lowest BCUT2D eigenvalue weighted by molar-refractivity contribution is -0.282. The SMILES string of the molecule is COP(O)(=S)OCC1CC(OP(=O)(O)OCC2C[C@@H](O)CN2C(=O)CCCCCCC(=O)[C@H](CCCCNC(=O)CCCCOC2OC(CO)C(O)C(O)C2C)NC(=O)CCCCOC2OC(CO)C(O)C(O)C2C)CN1C(=O)CCCCCNC(=O)OC1CC[C@@]2(C)C(=CCC3C4CCC([C@H](C)CCCC(C)C)[C@@]4(C)CCC32)C1. The number of amides is 5. The number of rotatable bonds is 49. The molecule has 33 heteroatoms. The Labute approximate surface area is 687 Å². The van der Waals surface area contributed by atoms with Crippen LogP contribution in [0.15, 0.2) is 11.6 Å². The van der Waals surface area contributed by atoms with Crippen LogP contribution in [-0.2, 0) is 82.1 Å². The first-order chi connectivity index (χ1) is 54.7. The van der Waals surface area contributed by atoms with Crippen molar-refractivity contribution in [3.63, 3.8) is 0 Å². The number of fused-ring (bicyclic) bond motifs is 5. The number of ether oxygens (including phenoxy) is 5. The molecule has 662 valence electrons. The van der Waals surface area contributed by atoms with E-state index in [2.05, 4.69) is 56.6 Å². The third kappa shape index (κ3) is 28.4. The first kappa shape index (κ1) is 97.2. The zero-order valence-corrected chi connectivity index (χ0v) is 72.3. The van der Waals surface area contributed by atoms with Gasteiger partial charge in [0.1, 0.15) is 30.5 Å². The molecule has 4 aliphatic heterocycles. The molecule has 8 aliphatic rings. The number of β-amino-alcohol motifs (C(OH)–C–C–N with tert-alkyl or cyclic N) is 1. The van der Waals surface area contributed by atoms with Crippen molar-refractivity contribution in [2.24, 2.45) is 58.2 Å². The molecule has 0 spiro atoms. The number of nitrogens with zero attached hydrogens (tertiary/aromatic N) is 2. The van der Waals surface area contributed by atoms with Crippen molar-refractivity contribution >= 4 is 61.9 Å². The van der Waals surface area contributed by atoms with Crippen LogP contribution in [0, 0.1) is 58.2 Å². The lowest BCUT2D eigenvalue weighted by Crippen LogP contribution is -2.55. The van der Waals surface area contributed by atoms with Crippen LogP contribution < -0.4 is 16.0 Å². The summed E-state index contributed by atoms with van der Waals surface area (Å²) in [6.07, 6.45) is 12.3. The number of phosphoric ester groups is 1. The molecule has 25 atom stereocenters. The number of likely N-dealkylation sites (tertiary alicyclic amines) is 2. The molecule has 4 saturated heterocycles. The smallest absolute Gasteiger partial charge is 0.446 e. The number of carbonyl (C=O) groups excluding carboxylic acids is 6. The van der Waals surface area contributed by atoms with E-state index in [1.54, 1.807) is 13.8 Å². The normalized spacial score (nSPS) is 33.6. The van der Waals surface area contributed by atoms with Crippen LogP contribution in [0.5, 0.6) is 0 Å². The molecule has 5 amide bonds. The topological polar surface area (TPSA) is 427 Å². The molecule has 0 aromatic heterocycles. The van der Waals surface area contributed by atoms with Gasteiger partial charge in [0.2, 0.25) is 23.6 Å². The molecule has 0 aromatic carbocycles. The van der Waals surface area contributed by atoms with Gasteiger partial charge in [-0.15, -0.1) is 0 Å². The summed E-state index contributed by atoms with van der Waals surface area (Å²) in [4.78, 5) is 105. The Morgan fingerprint density at radius 3 is 1.83 bits per heavy atom. The Bertz CT molecular complexity index is 3180. The number of allylic oxidation sites excluding steroid dienone is 1. The molecule has 0 aromatic rings. The highest BCUT2D eigenvalue weighted by atomic mass is 32.5. The molecule has 30 nitrogen and oxygen atoms in total. The number of carbonyl (C=O) groups is 6. The molecule has 8 rings (SSSR count). The Morgan fingerprint density at radius 1 is 0.626 bits per heavy atom. The average Bonchev–Trinajstić information content (AvgIpc) is 1.67. The number of nitrogens with one attached hydrogen (secondary N) is 3. The number of ketones is 1. The van der Waals surface area contributed by atoms with E-state index in [4.69, 9.17) is 53.6 Å². The van der Waals surface area contributed by atoms with Crippen molar-refractivity contribution in [2.75, 3.05) is 72.9 Å². The molecule has 7 fully saturated rings. The highest BCUT2D eigenvalue weighted by molar-refractivity contribution is 8.07. The number of hydrogen-bond acceptors (Lipinski definition) is 24. The van der Waals surface area contributed by atoms with Crippen LogP contribution in [-0.4, -0.2) is 249 Å². The van der Waals surface area contributed by atoms with Gasteiger partial charge in [0.25, 0.3) is 0 Å². The highest BCUT2D eigenvalue weighted by Gasteiger charge is 2.60. The fourth-order valence-corrected chi connectivity index (χ4v) is 21.5. The van der Waals surface area contributed by atoms with E-state index in [-0.39, 0.29) is 119 Å². The van der Waals surface area contributed by atoms with Crippen LogP contribution >= 0.6 is 14.5 Å². The second-order valence-electron chi connectivity index (χ2n) is 35.4. The van der Waals surface area contributed by atoms with Crippen molar-refractivity contribution in [2.45, 2.75) is 340 Å². The van der Waals surface area contributed by atoms with Gasteiger partial charge < -0.3 is 104 Å². The van der Waals surface area contributed by atoms with Gasteiger partial charge in [-0.2, -0.15) is 0 Å². The van der Waals surface area contributed by atoms with Crippen molar-refractivity contribution in [3.8, 4) is 0 Å². The van der Waals surface area contributed by atoms with Crippen LogP contribution in [0.4, 0.5) is 4.79 Å². The number of unbranched alkanes of at least 4 members (excludes halogenated alkanes) is 8. The third-order valence-electron chi connectivity index (χ3n) is 26.7.